The largest absolute Gasteiger partial charge is 0.481 e. The predicted octanol–water partition coefficient (Wildman–Crippen LogP) is 3.45. The zero-order chi connectivity index (χ0) is 14.9. The summed E-state index contributed by atoms with van der Waals surface area (Å²) < 4.78 is 0. The van der Waals surface area contributed by atoms with Gasteiger partial charge in [-0.25, -0.2) is 0 Å². The molecule has 4 nitrogen and oxygen atoms in total. The van der Waals surface area contributed by atoms with Crippen LogP contribution in [-0.4, -0.2) is 28.4 Å². The average Bonchev–Trinajstić information content (AvgIpc) is 3.19. The number of nitrogens with zero attached hydrogens (tertiary/aromatic N) is 1. The molecule has 0 aromatic carbocycles. The Labute approximate surface area is 128 Å². The van der Waals surface area contributed by atoms with Crippen LogP contribution < -0.4 is 0 Å². The molecule has 2 fully saturated rings. The van der Waals surface area contributed by atoms with Crippen LogP contribution >= 0.6 is 11.3 Å². The lowest BCUT2D eigenvalue weighted by Crippen LogP contribution is -2.38. The molecule has 1 aliphatic heterocycles. The van der Waals surface area contributed by atoms with Crippen LogP contribution in [0.3, 0.4) is 0 Å². The fraction of sp³-hybridized carbons (Fsp3) is 0.625. The summed E-state index contributed by atoms with van der Waals surface area (Å²) in [5.74, 6) is -0.771. The minimum atomic E-state index is -0.807. The van der Waals surface area contributed by atoms with Gasteiger partial charge in [-0.2, -0.15) is 11.3 Å². The van der Waals surface area contributed by atoms with Gasteiger partial charge in [0.05, 0.1) is 11.5 Å². The first-order valence-electron chi connectivity index (χ1n) is 7.67. The fourth-order valence-electron chi connectivity index (χ4n) is 3.79. The summed E-state index contributed by atoms with van der Waals surface area (Å²) in [6.07, 6.45) is 5.30. The number of thiophene rings is 1. The summed E-state index contributed by atoms with van der Waals surface area (Å²) in [6.45, 7) is 0.759. The molecule has 1 atom stereocenters. The SMILES string of the molecule is O=C(CC1(C(=O)O)CCCC1)N1CCCC1c1ccsc1. The van der Waals surface area contributed by atoms with E-state index in [4.69, 9.17) is 0 Å². The quantitative estimate of drug-likeness (QED) is 0.927. The Bertz CT molecular complexity index is 520. The number of hydrogen-bond donors (Lipinski definition) is 1. The van der Waals surface area contributed by atoms with Gasteiger partial charge in [0.2, 0.25) is 5.91 Å². The molecule has 1 amide bonds. The number of amides is 1. The van der Waals surface area contributed by atoms with E-state index in [0.717, 1.165) is 32.2 Å². The Morgan fingerprint density at radius 2 is 2.10 bits per heavy atom. The Morgan fingerprint density at radius 3 is 2.71 bits per heavy atom. The molecule has 1 aliphatic carbocycles. The summed E-state index contributed by atoms with van der Waals surface area (Å²) in [5.41, 5.74) is 0.389. The van der Waals surface area contributed by atoms with Gasteiger partial charge in [0.15, 0.2) is 0 Å². The molecule has 0 spiro atoms. The monoisotopic (exact) mass is 307 g/mol. The van der Waals surface area contributed by atoms with Crippen molar-refractivity contribution in [1.82, 2.24) is 4.90 Å². The van der Waals surface area contributed by atoms with E-state index >= 15 is 0 Å². The van der Waals surface area contributed by atoms with E-state index in [1.165, 1.54) is 5.56 Å². The highest BCUT2D eigenvalue weighted by molar-refractivity contribution is 7.07. The molecule has 1 unspecified atom stereocenters. The van der Waals surface area contributed by atoms with Gasteiger partial charge < -0.3 is 10.0 Å². The molecule has 2 aliphatic rings. The zero-order valence-corrected chi connectivity index (χ0v) is 12.9. The van der Waals surface area contributed by atoms with Crippen molar-refractivity contribution in [3.05, 3.63) is 22.4 Å². The third-order valence-electron chi connectivity index (χ3n) is 5.01. The summed E-state index contributed by atoms with van der Waals surface area (Å²) >= 11 is 1.65. The minimum absolute atomic E-state index is 0.0213. The van der Waals surface area contributed by atoms with Crippen LogP contribution in [0, 0.1) is 5.41 Å². The first-order chi connectivity index (χ1) is 10.1. The number of carbonyl (C=O) groups excluding carboxylic acids is 1. The molecule has 0 radical (unpaired) electrons. The molecule has 114 valence electrons. The Morgan fingerprint density at radius 1 is 1.33 bits per heavy atom. The molecular weight excluding hydrogens is 286 g/mol. The lowest BCUT2D eigenvalue weighted by molar-refractivity contribution is -0.153. The van der Waals surface area contributed by atoms with Crippen LogP contribution in [0.5, 0.6) is 0 Å². The maximum atomic E-state index is 12.7. The molecule has 0 bridgehead atoms. The van der Waals surface area contributed by atoms with Crippen LogP contribution in [0.15, 0.2) is 16.8 Å². The van der Waals surface area contributed by atoms with E-state index in [0.29, 0.717) is 12.8 Å². The summed E-state index contributed by atoms with van der Waals surface area (Å²) in [4.78, 5) is 26.2. The average molecular weight is 307 g/mol. The van der Waals surface area contributed by atoms with Crippen molar-refractivity contribution in [3.63, 3.8) is 0 Å². The highest BCUT2D eigenvalue weighted by atomic mass is 32.1. The standard InChI is InChI=1S/C16H21NO3S/c18-14(10-16(15(19)20)6-1-2-7-16)17-8-3-4-13(17)12-5-9-21-11-12/h5,9,11,13H,1-4,6-8,10H2,(H,19,20). The second kappa shape index (κ2) is 5.79. The van der Waals surface area contributed by atoms with Crippen LogP contribution in [0.1, 0.15) is 56.6 Å². The topological polar surface area (TPSA) is 57.6 Å². The van der Waals surface area contributed by atoms with Crippen molar-refractivity contribution in [2.45, 2.75) is 51.0 Å². The number of hydrogen-bond acceptors (Lipinski definition) is 3. The van der Waals surface area contributed by atoms with Crippen molar-refractivity contribution in [2.75, 3.05) is 6.54 Å². The summed E-state index contributed by atoms with van der Waals surface area (Å²) in [6, 6.07) is 2.22. The van der Waals surface area contributed by atoms with Crippen molar-refractivity contribution in [3.8, 4) is 0 Å². The molecule has 5 heteroatoms. The highest BCUT2D eigenvalue weighted by Gasteiger charge is 2.45. The number of rotatable bonds is 4. The number of likely N-dealkylation sites (tertiary alicyclic amines) is 1. The first-order valence-corrected chi connectivity index (χ1v) is 8.62. The van der Waals surface area contributed by atoms with Gasteiger partial charge in [0.1, 0.15) is 0 Å². The van der Waals surface area contributed by atoms with E-state index < -0.39 is 11.4 Å². The number of carbonyl (C=O) groups is 2. The zero-order valence-electron chi connectivity index (χ0n) is 12.1. The van der Waals surface area contributed by atoms with Crippen LogP contribution in [0.4, 0.5) is 0 Å². The Kier molecular flexibility index (Phi) is 4.02. The Hall–Kier alpha value is -1.36. The van der Waals surface area contributed by atoms with Crippen LogP contribution in [-0.2, 0) is 9.59 Å². The van der Waals surface area contributed by atoms with E-state index in [9.17, 15) is 14.7 Å². The van der Waals surface area contributed by atoms with Gasteiger partial charge in [0, 0.05) is 13.0 Å². The summed E-state index contributed by atoms with van der Waals surface area (Å²) in [7, 11) is 0. The van der Waals surface area contributed by atoms with Crippen molar-refractivity contribution >= 4 is 23.2 Å². The van der Waals surface area contributed by atoms with Gasteiger partial charge in [-0.3, -0.25) is 9.59 Å². The normalized spacial score (nSPS) is 24.4. The molecule has 3 rings (SSSR count). The van der Waals surface area contributed by atoms with E-state index in [2.05, 4.69) is 11.4 Å². The third kappa shape index (κ3) is 2.71. The van der Waals surface area contributed by atoms with Crippen molar-refractivity contribution in [1.29, 1.82) is 0 Å². The van der Waals surface area contributed by atoms with Gasteiger partial charge in [-0.15, -0.1) is 0 Å². The van der Waals surface area contributed by atoms with E-state index in [-0.39, 0.29) is 18.4 Å². The molecule has 1 saturated heterocycles. The molecule has 1 saturated carbocycles. The Balaban J connectivity index is 1.74. The lowest BCUT2D eigenvalue weighted by Gasteiger charge is -2.29. The van der Waals surface area contributed by atoms with Crippen molar-refractivity contribution < 1.29 is 14.7 Å². The molecule has 1 aromatic heterocycles. The smallest absolute Gasteiger partial charge is 0.310 e. The highest BCUT2D eigenvalue weighted by Crippen LogP contribution is 2.43. The molecule has 1 aromatic rings. The van der Waals surface area contributed by atoms with Gasteiger partial charge in [0.25, 0.3) is 0 Å². The van der Waals surface area contributed by atoms with Gasteiger partial charge in [-0.05, 0) is 48.1 Å². The summed E-state index contributed by atoms with van der Waals surface area (Å²) in [5, 5.41) is 13.7. The predicted molar refractivity (Wildman–Crippen MR) is 81.2 cm³/mol. The fourth-order valence-corrected chi connectivity index (χ4v) is 4.49. The molecule has 21 heavy (non-hydrogen) atoms. The van der Waals surface area contributed by atoms with Gasteiger partial charge >= 0.3 is 5.97 Å². The maximum absolute atomic E-state index is 12.7. The van der Waals surface area contributed by atoms with Crippen LogP contribution in [0.2, 0.25) is 0 Å². The van der Waals surface area contributed by atoms with Crippen molar-refractivity contribution in [2.24, 2.45) is 5.41 Å². The minimum Gasteiger partial charge on any atom is -0.481 e. The number of carboxylic acid groups (broad SMARTS) is 1. The molecule has 1 N–H and O–H groups in total. The number of aliphatic carboxylic acids is 1. The second-order valence-corrected chi connectivity index (χ2v) is 7.05. The molecular formula is C16H21NO3S. The van der Waals surface area contributed by atoms with E-state index in [1.807, 2.05) is 10.3 Å². The second-order valence-electron chi connectivity index (χ2n) is 6.27. The van der Waals surface area contributed by atoms with E-state index in [1.54, 1.807) is 11.3 Å². The molecule has 2 heterocycles. The maximum Gasteiger partial charge on any atom is 0.310 e. The lowest BCUT2D eigenvalue weighted by atomic mass is 9.82. The first kappa shape index (κ1) is 14.6. The van der Waals surface area contributed by atoms with Crippen LogP contribution in [0.25, 0.3) is 0 Å². The van der Waals surface area contributed by atoms with Gasteiger partial charge in [-0.1, -0.05) is 12.8 Å². The third-order valence-corrected chi connectivity index (χ3v) is 5.71. The number of carboxylic acids is 1.